The van der Waals surface area contributed by atoms with Gasteiger partial charge in [-0.05, 0) is 59.9 Å². The molecule has 2 amide bonds. The minimum absolute atomic E-state index is 0.129. The fourth-order valence-electron chi connectivity index (χ4n) is 4.09. The Bertz CT molecular complexity index is 1230. The van der Waals surface area contributed by atoms with Gasteiger partial charge in [-0.25, -0.2) is 4.98 Å². The van der Waals surface area contributed by atoms with Gasteiger partial charge in [-0.1, -0.05) is 36.4 Å². The second kappa shape index (κ2) is 9.17. The van der Waals surface area contributed by atoms with Gasteiger partial charge in [0.1, 0.15) is 17.6 Å². The van der Waals surface area contributed by atoms with Crippen molar-refractivity contribution in [1.82, 2.24) is 15.2 Å². The molecule has 3 aromatic rings. The van der Waals surface area contributed by atoms with Gasteiger partial charge in [-0.15, -0.1) is 0 Å². The first-order valence-electron chi connectivity index (χ1n) is 10.7. The molecule has 0 saturated carbocycles. The summed E-state index contributed by atoms with van der Waals surface area (Å²) in [5, 5.41) is 2.66. The highest BCUT2D eigenvalue weighted by Gasteiger charge is 2.31. The second-order valence-electron chi connectivity index (χ2n) is 8.17. The third kappa shape index (κ3) is 4.88. The molecule has 4 rings (SSSR count). The number of nitrogens with zero attached hydrogens (tertiary/aromatic N) is 2. The Morgan fingerprint density at radius 1 is 1.06 bits per heavy atom. The Kier molecular flexibility index (Phi) is 6.28. The van der Waals surface area contributed by atoms with Crippen molar-refractivity contribution in [3.63, 3.8) is 0 Å². The van der Waals surface area contributed by atoms with E-state index in [-0.39, 0.29) is 17.4 Å². The highest BCUT2D eigenvalue weighted by Crippen LogP contribution is 2.34. The minimum Gasteiger partial charge on any atom is -0.384 e. The molecule has 34 heavy (non-hydrogen) atoms. The van der Waals surface area contributed by atoms with Crippen molar-refractivity contribution < 1.29 is 22.8 Å². The van der Waals surface area contributed by atoms with E-state index in [2.05, 4.69) is 10.3 Å². The molecule has 0 fully saturated rings. The van der Waals surface area contributed by atoms with Crippen LogP contribution in [-0.4, -0.2) is 34.3 Å². The lowest BCUT2D eigenvalue weighted by atomic mass is 9.90. The molecule has 176 valence electrons. The largest absolute Gasteiger partial charge is 0.416 e. The number of anilines is 1. The predicted molar refractivity (Wildman–Crippen MR) is 122 cm³/mol. The molecule has 1 atom stereocenters. The van der Waals surface area contributed by atoms with E-state index in [4.69, 9.17) is 5.73 Å². The average molecular weight is 468 g/mol. The summed E-state index contributed by atoms with van der Waals surface area (Å²) >= 11 is 0. The van der Waals surface area contributed by atoms with Gasteiger partial charge in [0.2, 0.25) is 5.91 Å². The predicted octanol–water partition coefficient (Wildman–Crippen LogP) is 4.05. The maximum absolute atomic E-state index is 13.0. The molecule has 2 aromatic carbocycles. The number of alkyl halides is 3. The zero-order chi connectivity index (χ0) is 24.5. The molecule has 0 bridgehead atoms. The number of aromatic nitrogens is 1. The summed E-state index contributed by atoms with van der Waals surface area (Å²) in [6.45, 7) is 2.39. The summed E-state index contributed by atoms with van der Waals surface area (Å²) in [7, 11) is 0. The summed E-state index contributed by atoms with van der Waals surface area (Å²) < 4.78 is 38.7. The molecule has 0 saturated heterocycles. The normalized spacial score (nSPS) is 14.3. The number of nitrogens with one attached hydrogen (secondary N) is 1. The lowest BCUT2D eigenvalue weighted by Gasteiger charge is -2.32. The van der Waals surface area contributed by atoms with E-state index >= 15 is 0 Å². The number of benzene rings is 2. The number of pyridine rings is 1. The smallest absolute Gasteiger partial charge is 0.384 e. The molecule has 1 aliphatic rings. The molecule has 1 aromatic heterocycles. The van der Waals surface area contributed by atoms with Gasteiger partial charge >= 0.3 is 6.18 Å². The zero-order valence-electron chi connectivity index (χ0n) is 18.4. The molecule has 9 heteroatoms. The van der Waals surface area contributed by atoms with E-state index < -0.39 is 23.7 Å². The van der Waals surface area contributed by atoms with Gasteiger partial charge in [-0.2, -0.15) is 13.2 Å². The van der Waals surface area contributed by atoms with Crippen LogP contribution < -0.4 is 11.1 Å². The van der Waals surface area contributed by atoms with E-state index in [1.807, 2.05) is 18.2 Å². The Hall–Kier alpha value is -3.88. The lowest BCUT2D eigenvalue weighted by molar-refractivity contribution is -0.137. The summed E-state index contributed by atoms with van der Waals surface area (Å²) in [6.07, 6.45) is -3.83. The molecule has 0 radical (unpaired) electrons. The zero-order valence-corrected chi connectivity index (χ0v) is 18.4. The number of amides is 2. The van der Waals surface area contributed by atoms with E-state index in [1.165, 1.54) is 18.2 Å². The molecular formula is C25H23F3N4O2. The molecule has 0 spiro atoms. The lowest BCUT2D eigenvalue weighted by Crippen LogP contribution is -2.48. The standard InChI is InChI=1S/C25H23F3N4O2/c1-15(30-23(33)21-6-3-7-22(29)31-21)24(34)32-13-12-20-17(14-32)4-2-5-19(20)16-8-10-18(11-9-16)25(26,27)28/h2-11,15H,12-14H2,1H3,(H2,29,31)(H,30,33)/t15-/m1/s1. The second-order valence-corrected chi connectivity index (χ2v) is 8.17. The van der Waals surface area contributed by atoms with Crippen LogP contribution in [0.5, 0.6) is 0 Å². The Morgan fingerprint density at radius 2 is 1.76 bits per heavy atom. The van der Waals surface area contributed by atoms with Crippen molar-refractivity contribution in [2.24, 2.45) is 0 Å². The van der Waals surface area contributed by atoms with Gasteiger partial charge in [0, 0.05) is 13.1 Å². The van der Waals surface area contributed by atoms with Crippen LogP contribution in [-0.2, 0) is 23.9 Å². The summed E-state index contributed by atoms with van der Waals surface area (Å²) in [6, 6.07) is 14.6. The van der Waals surface area contributed by atoms with Crippen LogP contribution >= 0.6 is 0 Å². The highest BCUT2D eigenvalue weighted by molar-refractivity contribution is 5.96. The summed E-state index contributed by atoms with van der Waals surface area (Å²) in [5.41, 5.74) is 8.53. The number of hydrogen-bond acceptors (Lipinski definition) is 4. The minimum atomic E-state index is -4.38. The molecule has 1 aliphatic heterocycles. The molecule has 2 heterocycles. The van der Waals surface area contributed by atoms with E-state index in [9.17, 15) is 22.8 Å². The van der Waals surface area contributed by atoms with Crippen LogP contribution in [0.15, 0.2) is 60.7 Å². The number of hydrogen-bond donors (Lipinski definition) is 2. The van der Waals surface area contributed by atoms with Crippen molar-refractivity contribution in [2.45, 2.75) is 32.1 Å². The monoisotopic (exact) mass is 468 g/mol. The molecule has 0 aliphatic carbocycles. The highest BCUT2D eigenvalue weighted by atomic mass is 19.4. The summed E-state index contributed by atoms with van der Waals surface area (Å²) in [4.78, 5) is 31.0. The first-order valence-corrected chi connectivity index (χ1v) is 10.7. The van der Waals surface area contributed by atoms with Crippen LogP contribution in [0.2, 0.25) is 0 Å². The number of fused-ring (bicyclic) bond motifs is 1. The van der Waals surface area contributed by atoms with Crippen molar-refractivity contribution in [1.29, 1.82) is 0 Å². The topological polar surface area (TPSA) is 88.3 Å². The molecule has 3 N–H and O–H groups in total. The number of nitrogens with two attached hydrogens (primary N) is 1. The van der Waals surface area contributed by atoms with Crippen molar-refractivity contribution in [3.05, 3.63) is 83.0 Å². The first-order chi connectivity index (χ1) is 16.1. The third-order valence-electron chi connectivity index (χ3n) is 5.82. The Labute approximate surface area is 194 Å². The van der Waals surface area contributed by atoms with Crippen molar-refractivity contribution in [3.8, 4) is 11.1 Å². The number of nitrogen functional groups attached to an aromatic ring is 1. The number of carbonyl (C=O) groups is 2. The molecule has 0 unspecified atom stereocenters. The van der Waals surface area contributed by atoms with Gasteiger partial charge in [0.25, 0.3) is 5.91 Å². The maximum atomic E-state index is 13.0. The quantitative estimate of drug-likeness (QED) is 0.605. The van der Waals surface area contributed by atoms with E-state index in [0.717, 1.165) is 28.8 Å². The van der Waals surface area contributed by atoms with Crippen LogP contribution in [0.25, 0.3) is 11.1 Å². The van der Waals surface area contributed by atoms with E-state index in [0.29, 0.717) is 25.1 Å². The summed E-state index contributed by atoms with van der Waals surface area (Å²) in [5.74, 6) is -0.513. The molecular weight excluding hydrogens is 445 g/mol. The SMILES string of the molecule is C[C@@H](NC(=O)c1cccc(N)n1)C(=O)N1CCc2c(cccc2-c2ccc(C(F)(F)F)cc2)C1. The van der Waals surface area contributed by atoms with Crippen LogP contribution in [0.4, 0.5) is 19.0 Å². The van der Waals surface area contributed by atoms with Crippen LogP contribution in [0.1, 0.15) is 34.1 Å². The number of carbonyl (C=O) groups excluding carboxylic acids is 2. The Balaban J connectivity index is 1.47. The Morgan fingerprint density at radius 3 is 2.44 bits per heavy atom. The van der Waals surface area contributed by atoms with Gasteiger partial charge in [-0.3, -0.25) is 9.59 Å². The fourth-order valence-corrected chi connectivity index (χ4v) is 4.09. The van der Waals surface area contributed by atoms with E-state index in [1.54, 1.807) is 24.0 Å². The fraction of sp³-hybridized carbons (Fsp3) is 0.240. The van der Waals surface area contributed by atoms with Gasteiger partial charge < -0.3 is 16.0 Å². The third-order valence-corrected chi connectivity index (χ3v) is 5.82. The van der Waals surface area contributed by atoms with Crippen molar-refractivity contribution in [2.75, 3.05) is 12.3 Å². The maximum Gasteiger partial charge on any atom is 0.416 e. The van der Waals surface area contributed by atoms with Crippen molar-refractivity contribution >= 4 is 17.6 Å². The first kappa shape index (κ1) is 23.3. The van der Waals surface area contributed by atoms with Gasteiger partial charge in [0.15, 0.2) is 0 Å². The number of halogens is 3. The van der Waals surface area contributed by atoms with Gasteiger partial charge in [0.05, 0.1) is 5.56 Å². The average Bonchev–Trinajstić information content (AvgIpc) is 2.82. The molecule has 6 nitrogen and oxygen atoms in total. The van der Waals surface area contributed by atoms with Crippen LogP contribution in [0, 0.1) is 0 Å². The number of rotatable bonds is 4. The van der Waals surface area contributed by atoms with Crippen LogP contribution in [0.3, 0.4) is 0 Å².